The molecular weight excluding hydrogens is 256 g/mol. The molecule has 4 heteroatoms. The second-order valence-electron chi connectivity index (χ2n) is 4.59. The van der Waals surface area contributed by atoms with Crippen molar-refractivity contribution < 1.29 is 4.79 Å². The molecule has 102 valence electrons. The maximum absolute atomic E-state index is 12.0. The molecule has 0 radical (unpaired) electrons. The van der Waals surface area contributed by atoms with Gasteiger partial charge in [0.05, 0.1) is 0 Å². The van der Waals surface area contributed by atoms with E-state index in [2.05, 4.69) is 16.6 Å². The van der Waals surface area contributed by atoms with E-state index in [9.17, 15) is 4.79 Å². The second-order valence-corrected chi connectivity index (χ2v) is 5.57. The fourth-order valence-electron chi connectivity index (χ4n) is 2.04. The number of rotatable bonds is 7. The van der Waals surface area contributed by atoms with E-state index in [0.29, 0.717) is 0 Å². The third-order valence-electron chi connectivity index (χ3n) is 3.13. The van der Waals surface area contributed by atoms with Gasteiger partial charge in [-0.2, -0.15) is 11.8 Å². The predicted octanol–water partition coefficient (Wildman–Crippen LogP) is 3.43. The Morgan fingerprint density at radius 2 is 2.16 bits per heavy atom. The predicted molar refractivity (Wildman–Crippen MR) is 82.9 cm³/mol. The summed E-state index contributed by atoms with van der Waals surface area (Å²) in [6.07, 6.45) is 7.47. The SMILES string of the molecule is CSCCCCCNC(=O)c1ccc2cc[nH]c2c1. The molecule has 1 heterocycles. The van der Waals surface area contributed by atoms with Crippen LogP contribution in [-0.2, 0) is 0 Å². The quantitative estimate of drug-likeness (QED) is 0.761. The molecule has 0 aliphatic rings. The normalized spacial score (nSPS) is 10.8. The number of carbonyl (C=O) groups excluding carboxylic acids is 1. The minimum absolute atomic E-state index is 0.0152. The molecule has 1 aromatic carbocycles. The molecule has 0 aliphatic carbocycles. The lowest BCUT2D eigenvalue weighted by Gasteiger charge is -2.05. The Morgan fingerprint density at radius 3 is 3.00 bits per heavy atom. The first kappa shape index (κ1) is 14.0. The summed E-state index contributed by atoms with van der Waals surface area (Å²) in [5, 5.41) is 4.11. The van der Waals surface area contributed by atoms with Crippen molar-refractivity contribution in [3.8, 4) is 0 Å². The lowest BCUT2D eigenvalue weighted by molar-refractivity contribution is 0.0953. The van der Waals surface area contributed by atoms with Gasteiger partial charge in [0.25, 0.3) is 5.91 Å². The minimum atomic E-state index is 0.0152. The molecular formula is C15H20N2OS. The van der Waals surface area contributed by atoms with E-state index in [0.717, 1.165) is 29.4 Å². The number of fused-ring (bicyclic) bond motifs is 1. The fourth-order valence-corrected chi connectivity index (χ4v) is 2.53. The van der Waals surface area contributed by atoms with Gasteiger partial charge in [0.1, 0.15) is 0 Å². The summed E-state index contributed by atoms with van der Waals surface area (Å²) in [4.78, 5) is 15.1. The van der Waals surface area contributed by atoms with Crippen LogP contribution >= 0.6 is 11.8 Å². The molecule has 2 N–H and O–H groups in total. The molecule has 0 unspecified atom stereocenters. The van der Waals surface area contributed by atoms with Gasteiger partial charge in [0.2, 0.25) is 0 Å². The Morgan fingerprint density at radius 1 is 1.26 bits per heavy atom. The Kier molecular flexibility index (Phi) is 5.33. The van der Waals surface area contributed by atoms with Crippen LogP contribution in [0.2, 0.25) is 0 Å². The number of benzene rings is 1. The third-order valence-corrected chi connectivity index (χ3v) is 3.82. The molecule has 1 amide bonds. The van der Waals surface area contributed by atoms with Gasteiger partial charge in [-0.15, -0.1) is 0 Å². The maximum Gasteiger partial charge on any atom is 0.251 e. The van der Waals surface area contributed by atoms with Crippen LogP contribution in [0.3, 0.4) is 0 Å². The maximum atomic E-state index is 12.0. The summed E-state index contributed by atoms with van der Waals surface area (Å²) in [6, 6.07) is 7.75. The van der Waals surface area contributed by atoms with Gasteiger partial charge in [-0.3, -0.25) is 4.79 Å². The number of nitrogens with one attached hydrogen (secondary N) is 2. The van der Waals surface area contributed by atoms with Gasteiger partial charge in [0.15, 0.2) is 0 Å². The highest BCUT2D eigenvalue weighted by Crippen LogP contribution is 2.14. The van der Waals surface area contributed by atoms with Crippen molar-refractivity contribution in [2.45, 2.75) is 19.3 Å². The Hall–Kier alpha value is -1.42. The number of amides is 1. The molecule has 2 aromatic rings. The first-order chi connectivity index (χ1) is 9.31. The average molecular weight is 276 g/mol. The molecule has 0 bridgehead atoms. The number of thioether (sulfide) groups is 1. The topological polar surface area (TPSA) is 44.9 Å². The summed E-state index contributed by atoms with van der Waals surface area (Å²) in [5.41, 5.74) is 1.73. The van der Waals surface area contributed by atoms with Crippen LogP contribution in [0, 0.1) is 0 Å². The highest BCUT2D eigenvalue weighted by molar-refractivity contribution is 7.98. The number of unbranched alkanes of at least 4 members (excludes halogenated alkanes) is 2. The molecule has 0 spiro atoms. The van der Waals surface area contributed by atoms with Gasteiger partial charge in [-0.1, -0.05) is 12.5 Å². The second kappa shape index (κ2) is 7.24. The van der Waals surface area contributed by atoms with E-state index < -0.39 is 0 Å². The fraction of sp³-hybridized carbons (Fsp3) is 0.400. The van der Waals surface area contributed by atoms with Gasteiger partial charge >= 0.3 is 0 Å². The molecule has 2 rings (SSSR count). The lowest BCUT2D eigenvalue weighted by atomic mass is 10.1. The highest BCUT2D eigenvalue weighted by atomic mass is 32.2. The standard InChI is InChI=1S/C15H20N2OS/c1-19-10-4-2-3-8-17-15(18)13-6-5-12-7-9-16-14(12)11-13/h5-7,9,11,16H,2-4,8,10H2,1H3,(H,17,18). The van der Waals surface area contributed by atoms with E-state index in [1.54, 1.807) is 0 Å². The number of carbonyl (C=O) groups is 1. The van der Waals surface area contributed by atoms with E-state index in [-0.39, 0.29) is 5.91 Å². The summed E-state index contributed by atoms with van der Waals surface area (Å²) >= 11 is 1.87. The summed E-state index contributed by atoms with van der Waals surface area (Å²) in [7, 11) is 0. The lowest BCUT2D eigenvalue weighted by Crippen LogP contribution is -2.24. The summed E-state index contributed by atoms with van der Waals surface area (Å²) < 4.78 is 0. The molecule has 0 atom stereocenters. The number of hydrogen-bond donors (Lipinski definition) is 2. The smallest absolute Gasteiger partial charge is 0.251 e. The Bertz CT molecular complexity index is 536. The first-order valence-electron chi connectivity index (χ1n) is 6.65. The van der Waals surface area contributed by atoms with Crippen LogP contribution in [-0.4, -0.2) is 29.4 Å². The number of aromatic nitrogens is 1. The van der Waals surface area contributed by atoms with Gasteiger partial charge in [0, 0.05) is 23.8 Å². The van der Waals surface area contributed by atoms with Crippen molar-refractivity contribution in [3.63, 3.8) is 0 Å². The Balaban J connectivity index is 1.79. The summed E-state index contributed by atoms with van der Waals surface area (Å²) in [6.45, 7) is 0.760. The zero-order chi connectivity index (χ0) is 13.5. The van der Waals surface area contributed by atoms with Gasteiger partial charge in [-0.25, -0.2) is 0 Å². The first-order valence-corrected chi connectivity index (χ1v) is 8.05. The van der Waals surface area contributed by atoms with Crippen molar-refractivity contribution in [1.29, 1.82) is 0 Å². The largest absolute Gasteiger partial charge is 0.361 e. The Labute approximate surface area is 118 Å². The molecule has 0 aliphatic heterocycles. The van der Waals surface area contributed by atoms with Crippen LogP contribution in [0.15, 0.2) is 30.5 Å². The minimum Gasteiger partial charge on any atom is -0.361 e. The van der Waals surface area contributed by atoms with Crippen LogP contribution in [0.25, 0.3) is 10.9 Å². The van der Waals surface area contributed by atoms with E-state index in [1.807, 2.05) is 42.2 Å². The van der Waals surface area contributed by atoms with Crippen molar-refractivity contribution in [2.75, 3.05) is 18.6 Å². The number of hydrogen-bond acceptors (Lipinski definition) is 2. The average Bonchev–Trinajstić information content (AvgIpc) is 2.89. The van der Waals surface area contributed by atoms with Crippen LogP contribution in [0.5, 0.6) is 0 Å². The summed E-state index contributed by atoms with van der Waals surface area (Å²) in [5.74, 6) is 1.22. The number of aromatic amines is 1. The van der Waals surface area contributed by atoms with E-state index in [1.165, 1.54) is 18.6 Å². The van der Waals surface area contributed by atoms with Crippen molar-refractivity contribution in [1.82, 2.24) is 10.3 Å². The molecule has 0 saturated heterocycles. The van der Waals surface area contributed by atoms with E-state index in [4.69, 9.17) is 0 Å². The highest BCUT2D eigenvalue weighted by Gasteiger charge is 2.05. The molecule has 1 aromatic heterocycles. The third kappa shape index (κ3) is 4.03. The molecule has 0 fully saturated rings. The van der Waals surface area contributed by atoms with Crippen LogP contribution in [0.1, 0.15) is 29.6 Å². The molecule has 0 saturated carbocycles. The van der Waals surface area contributed by atoms with E-state index >= 15 is 0 Å². The van der Waals surface area contributed by atoms with Crippen molar-refractivity contribution >= 4 is 28.6 Å². The molecule has 3 nitrogen and oxygen atoms in total. The van der Waals surface area contributed by atoms with Gasteiger partial charge < -0.3 is 10.3 Å². The molecule has 19 heavy (non-hydrogen) atoms. The zero-order valence-electron chi connectivity index (χ0n) is 11.2. The van der Waals surface area contributed by atoms with Crippen molar-refractivity contribution in [2.24, 2.45) is 0 Å². The number of H-pyrrole nitrogens is 1. The zero-order valence-corrected chi connectivity index (χ0v) is 12.1. The monoisotopic (exact) mass is 276 g/mol. The van der Waals surface area contributed by atoms with Crippen LogP contribution in [0.4, 0.5) is 0 Å². The van der Waals surface area contributed by atoms with Crippen molar-refractivity contribution in [3.05, 3.63) is 36.0 Å². The van der Waals surface area contributed by atoms with Crippen LogP contribution < -0.4 is 5.32 Å². The van der Waals surface area contributed by atoms with Gasteiger partial charge in [-0.05, 0) is 48.4 Å².